The van der Waals surface area contributed by atoms with Gasteiger partial charge in [0.2, 0.25) is 5.91 Å². The third kappa shape index (κ3) is 5.09. The first kappa shape index (κ1) is 18.0. The van der Waals surface area contributed by atoms with Crippen molar-refractivity contribution < 1.29 is 13.9 Å². The van der Waals surface area contributed by atoms with E-state index in [1.807, 2.05) is 56.3 Å². The molecule has 0 atom stereocenters. The highest BCUT2D eigenvalue weighted by molar-refractivity contribution is 5.76. The van der Waals surface area contributed by atoms with Gasteiger partial charge in [0.15, 0.2) is 11.5 Å². The van der Waals surface area contributed by atoms with Crippen molar-refractivity contribution in [1.29, 1.82) is 0 Å². The number of rotatable bonds is 8. The number of carbonyl (C=O) groups is 1. The van der Waals surface area contributed by atoms with Gasteiger partial charge in [0.25, 0.3) is 0 Å². The topological polar surface area (TPSA) is 64.4 Å². The summed E-state index contributed by atoms with van der Waals surface area (Å²) in [6, 6.07) is 13.8. The van der Waals surface area contributed by atoms with Gasteiger partial charge in [-0.3, -0.25) is 4.79 Å². The molecule has 26 heavy (non-hydrogen) atoms. The molecule has 2 aromatic carbocycles. The van der Waals surface area contributed by atoms with E-state index in [4.69, 9.17) is 9.15 Å². The number of fused-ring (bicyclic) bond motifs is 1. The standard InChI is InChI=1S/C21H24N2O3/c1-15-5-3-6-17(13-15)25-12-11-22-20(24)7-4-8-21-23-18-14-16(2)9-10-19(18)26-21/h3,5-6,9-10,13-14H,4,7-8,11-12H2,1-2H3,(H,22,24). The molecule has 5 nitrogen and oxygen atoms in total. The van der Waals surface area contributed by atoms with Gasteiger partial charge in [-0.25, -0.2) is 4.98 Å². The van der Waals surface area contributed by atoms with Crippen LogP contribution < -0.4 is 10.1 Å². The largest absolute Gasteiger partial charge is 0.492 e. The van der Waals surface area contributed by atoms with E-state index in [2.05, 4.69) is 10.3 Å². The van der Waals surface area contributed by atoms with E-state index in [-0.39, 0.29) is 5.91 Å². The molecule has 0 saturated heterocycles. The number of aromatic nitrogens is 1. The number of nitrogens with zero attached hydrogens (tertiary/aromatic N) is 1. The quantitative estimate of drug-likeness (QED) is 0.623. The lowest BCUT2D eigenvalue weighted by molar-refractivity contribution is -0.121. The molecule has 1 aromatic heterocycles. The van der Waals surface area contributed by atoms with Crippen molar-refractivity contribution in [2.45, 2.75) is 33.1 Å². The second kappa shape index (κ2) is 8.52. The fourth-order valence-electron chi connectivity index (χ4n) is 2.75. The molecule has 0 bridgehead atoms. The van der Waals surface area contributed by atoms with Gasteiger partial charge in [0.1, 0.15) is 17.9 Å². The van der Waals surface area contributed by atoms with E-state index in [1.54, 1.807) is 0 Å². The fourth-order valence-corrected chi connectivity index (χ4v) is 2.75. The molecule has 1 amide bonds. The van der Waals surface area contributed by atoms with Gasteiger partial charge >= 0.3 is 0 Å². The first-order valence-electron chi connectivity index (χ1n) is 8.92. The van der Waals surface area contributed by atoms with Crippen LogP contribution in [0, 0.1) is 13.8 Å². The Labute approximate surface area is 153 Å². The van der Waals surface area contributed by atoms with Gasteiger partial charge in [0, 0.05) is 12.8 Å². The molecule has 1 heterocycles. The highest BCUT2D eigenvalue weighted by Gasteiger charge is 2.07. The summed E-state index contributed by atoms with van der Waals surface area (Å²) >= 11 is 0. The number of nitrogens with one attached hydrogen (secondary N) is 1. The van der Waals surface area contributed by atoms with Crippen LogP contribution >= 0.6 is 0 Å². The van der Waals surface area contributed by atoms with Crippen LogP contribution in [-0.2, 0) is 11.2 Å². The van der Waals surface area contributed by atoms with Gasteiger partial charge in [-0.2, -0.15) is 0 Å². The highest BCUT2D eigenvalue weighted by atomic mass is 16.5. The highest BCUT2D eigenvalue weighted by Crippen LogP contribution is 2.18. The molecule has 0 saturated carbocycles. The number of carbonyl (C=O) groups excluding carboxylic acids is 1. The first-order valence-corrected chi connectivity index (χ1v) is 8.92. The molecule has 0 aliphatic carbocycles. The molecule has 0 aliphatic rings. The summed E-state index contributed by atoms with van der Waals surface area (Å²) < 4.78 is 11.3. The van der Waals surface area contributed by atoms with E-state index in [0.29, 0.717) is 38.3 Å². The number of aryl methyl sites for hydroxylation is 3. The van der Waals surface area contributed by atoms with Crippen molar-refractivity contribution in [3.05, 3.63) is 59.5 Å². The molecule has 0 radical (unpaired) electrons. The lowest BCUT2D eigenvalue weighted by atomic mass is 10.2. The summed E-state index contributed by atoms with van der Waals surface area (Å²) in [5.74, 6) is 1.52. The van der Waals surface area contributed by atoms with Crippen molar-refractivity contribution >= 4 is 17.0 Å². The molecule has 0 unspecified atom stereocenters. The average molecular weight is 352 g/mol. The Morgan fingerprint density at radius 1 is 1.15 bits per heavy atom. The molecule has 136 valence electrons. The second-order valence-electron chi connectivity index (χ2n) is 6.45. The average Bonchev–Trinajstić information content (AvgIpc) is 3.00. The number of oxazole rings is 1. The van der Waals surface area contributed by atoms with E-state index in [9.17, 15) is 4.79 Å². The predicted molar refractivity (Wildman–Crippen MR) is 101 cm³/mol. The Balaban J connectivity index is 1.34. The van der Waals surface area contributed by atoms with Gasteiger partial charge in [-0.15, -0.1) is 0 Å². The summed E-state index contributed by atoms with van der Waals surface area (Å²) in [7, 11) is 0. The number of benzene rings is 2. The van der Waals surface area contributed by atoms with Crippen molar-refractivity contribution in [2.24, 2.45) is 0 Å². The predicted octanol–water partition coefficient (Wildman–Crippen LogP) is 3.96. The first-order chi connectivity index (χ1) is 12.6. The smallest absolute Gasteiger partial charge is 0.220 e. The van der Waals surface area contributed by atoms with Gasteiger partial charge in [0.05, 0.1) is 6.54 Å². The van der Waals surface area contributed by atoms with Crippen LogP contribution in [0.25, 0.3) is 11.1 Å². The number of hydrogen-bond donors (Lipinski definition) is 1. The second-order valence-corrected chi connectivity index (χ2v) is 6.45. The molecular formula is C21H24N2O3. The molecule has 0 spiro atoms. The fraction of sp³-hybridized carbons (Fsp3) is 0.333. The minimum atomic E-state index is 0.0183. The molecule has 1 N–H and O–H groups in total. The Kier molecular flexibility index (Phi) is 5.89. The Bertz CT molecular complexity index is 886. The molecule has 0 fully saturated rings. The zero-order chi connectivity index (χ0) is 18.4. The number of hydrogen-bond acceptors (Lipinski definition) is 4. The molecule has 5 heteroatoms. The molecule has 3 rings (SSSR count). The zero-order valence-corrected chi connectivity index (χ0v) is 15.2. The SMILES string of the molecule is Cc1cccc(OCCNC(=O)CCCc2nc3cc(C)ccc3o2)c1. The van der Waals surface area contributed by atoms with Crippen molar-refractivity contribution in [3.63, 3.8) is 0 Å². The van der Waals surface area contributed by atoms with Crippen molar-refractivity contribution in [1.82, 2.24) is 10.3 Å². The van der Waals surface area contributed by atoms with Crippen LogP contribution in [0.1, 0.15) is 29.9 Å². The minimum absolute atomic E-state index is 0.0183. The van der Waals surface area contributed by atoms with Crippen LogP contribution in [0.15, 0.2) is 46.9 Å². The van der Waals surface area contributed by atoms with Crippen LogP contribution in [0.4, 0.5) is 0 Å². The van der Waals surface area contributed by atoms with Gasteiger partial charge < -0.3 is 14.5 Å². The summed E-state index contributed by atoms with van der Waals surface area (Å²) in [6.45, 7) is 5.00. The number of ether oxygens (including phenoxy) is 1. The summed E-state index contributed by atoms with van der Waals surface area (Å²) in [5, 5.41) is 2.87. The maximum atomic E-state index is 11.9. The normalized spacial score (nSPS) is 10.8. The van der Waals surface area contributed by atoms with Gasteiger partial charge in [-0.05, 0) is 55.7 Å². The maximum absolute atomic E-state index is 11.9. The Morgan fingerprint density at radius 3 is 2.85 bits per heavy atom. The monoisotopic (exact) mass is 352 g/mol. The maximum Gasteiger partial charge on any atom is 0.220 e. The number of amides is 1. The zero-order valence-electron chi connectivity index (χ0n) is 15.2. The lowest BCUT2D eigenvalue weighted by Gasteiger charge is -2.08. The van der Waals surface area contributed by atoms with E-state index < -0.39 is 0 Å². The van der Waals surface area contributed by atoms with Crippen molar-refractivity contribution in [2.75, 3.05) is 13.2 Å². The molecule has 0 aliphatic heterocycles. The molecular weight excluding hydrogens is 328 g/mol. The summed E-state index contributed by atoms with van der Waals surface area (Å²) in [6.07, 6.45) is 1.81. The van der Waals surface area contributed by atoms with E-state index in [1.165, 1.54) is 0 Å². The third-order valence-electron chi connectivity index (χ3n) is 4.06. The third-order valence-corrected chi connectivity index (χ3v) is 4.06. The van der Waals surface area contributed by atoms with E-state index in [0.717, 1.165) is 28.0 Å². The van der Waals surface area contributed by atoms with Crippen LogP contribution in [0.3, 0.4) is 0 Å². The van der Waals surface area contributed by atoms with Crippen LogP contribution in [0.2, 0.25) is 0 Å². The van der Waals surface area contributed by atoms with Gasteiger partial charge in [-0.1, -0.05) is 18.2 Å². The molecule has 3 aromatic rings. The Hall–Kier alpha value is -2.82. The summed E-state index contributed by atoms with van der Waals surface area (Å²) in [4.78, 5) is 16.4. The minimum Gasteiger partial charge on any atom is -0.492 e. The van der Waals surface area contributed by atoms with Crippen molar-refractivity contribution in [3.8, 4) is 5.75 Å². The summed E-state index contributed by atoms with van der Waals surface area (Å²) in [5.41, 5.74) is 3.98. The van der Waals surface area contributed by atoms with Crippen LogP contribution in [-0.4, -0.2) is 24.0 Å². The lowest BCUT2D eigenvalue weighted by Crippen LogP contribution is -2.27. The van der Waals surface area contributed by atoms with E-state index >= 15 is 0 Å². The Morgan fingerprint density at radius 2 is 2.00 bits per heavy atom. The van der Waals surface area contributed by atoms with Crippen LogP contribution in [0.5, 0.6) is 5.75 Å².